The second kappa shape index (κ2) is 7.15. The highest BCUT2D eigenvalue weighted by atomic mass is 79.9. The molecule has 1 aromatic rings. The van der Waals surface area contributed by atoms with E-state index in [0.717, 1.165) is 5.56 Å². The zero-order chi connectivity index (χ0) is 14.8. The van der Waals surface area contributed by atoms with Gasteiger partial charge in [0.1, 0.15) is 6.61 Å². The van der Waals surface area contributed by atoms with E-state index in [1.165, 1.54) is 9.96 Å². The Morgan fingerprint density at radius 2 is 1.95 bits per heavy atom. The summed E-state index contributed by atoms with van der Waals surface area (Å²) in [5.41, 5.74) is 11.9. The number of rotatable bonds is 4. The van der Waals surface area contributed by atoms with Crippen molar-refractivity contribution in [3.05, 3.63) is 29.8 Å². The van der Waals surface area contributed by atoms with Crippen LogP contribution in [0.3, 0.4) is 0 Å². The molecule has 8 heteroatoms. The average molecular weight is 374 g/mol. The predicted octanol–water partition coefficient (Wildman–Crippen LogP) is 2.10. The molecule has 1 heterocycles. The van der Waals surface area contributed by atoms with Gasteiger partial charge in [0, 0.05) is 4.90 Å². The summed E-state index contributed by atoms with van der Waals surface area (Å²) in [7, 11) is 0. The Hall–Kier alpha value is -1.25. The third-order valence-electron chi connectivity index (χ3n) is 2.86. The number of hydroxylamine groups is 2. The molecule has 0 bridgehead atoms. The van der Waals surface area contributed by atoms with Crippen LogP contribution in [-0.4, -0.2) is 28.9 Å². The largest absolute Gasteiger partial charge is 0.368 e. The molecular weight excluding hydrogens is 354 g/mol. The maximum Gasteiger partial charge on any atom is 0.226 e. The first-order valence-electron chi connectivity index (χ1n) is 6.18. The van der Waals surface area contributed by atoms with Crippen LogP contribution in [0.15, 0.2) is 39.1 Å². The van der Waals surface area contributed by atoms with Crippen molar-refractivity contribution in [1.29, 1.82) is 0 Å². The first kappa shape index (κ1) is 17.8. The van der Waals surface area contributed by atoms with E-state index in [-0.39, 0.29) is 28.9 Å². The van der Waals surface area contributed by atoms with Crippen LogP contribution >= 0.6 is 28.7 Å². The van der Waals surface area contributed by atoms with Crippen LogP contribution in [0.4, 0.5) is 0 Å². The van der Waals surface area contributed by atoms with Gasteiger partial charge in [-0.05, 0) is 31.7 Å². The van der Waals surface area contributed by atoms with Gasteiger partial charge in [0.15, 0.2) is 5.66 Å². The van der Waals surface area contributed by atoms with Crippen molar-refractivity contribution >= 4 is 40.7 Å². The van der Waals surface area contributed by atoms with Crippen LogP contribution in [0, 0.1) is 0 Å². The minimum Gasteiger partial charge on any atom is -0.368 e. The lowest BCUT2D eigenvalue weighted by Gasteiger charge is -2.36. The number of hydrogen-bond acceptors (Lipinski definition) is 7. The standard InChI is InChI=1S/C13H19N5OS.BrH/c1-13(2)17-11(14)16-12(15)18(13)19-8-9-6-4-5-7-10(9)20-3;/h4-7H,8H2,1-3H3,(H4,14,15,16,17);1H. The van der Waals surface area contributed by atoms with Crippen molar-refractivity contribution in [1.82, 2.24) is 5.06 Å². The molecule has 0 amide bonds. The molecule has 1 aliphatic heterocycles. The Labute approximate surface area is 139 Å². The van der Waals surface area contributed by atoms with E-state index in [1.54, 1.807) is 11.8 Å². The second-order valence-corrected chi connectivity index (χ2v) is 5.66. The van der Waals surface area contributed by atoms with E-state index >= 15 is 0 Å². The van der Waals surface area contributed by atoms with E-state index in [2.05, 4.69) is 16.1 Å². The summed E-state index contributed by atoms with van der Waals surface area (Å²) in [6, 6.07) is 8.06. The Balaban J connectivity index is 0.00000220. The van der Waals surface area contributed by atoms with Crippen molar-refractivity contribution in [2.24, 2.45) is 21.5 Å². The molecule has 0 saturated carbocycles. The Morgan fingerprint density at radius 3 is 2.57 bits per heavy atom. The average Bonchev–Trinajstić information content (AvgIpc) is 2.37. The molecule has 0 aromatic heterocycles. The van der Waals surface area contributed by atoms with E-state index in [4.69, 9.17) is 16.3 Å². The lowest BCUT2D eigenvalue weighted by atomic mass is 10.2. The van der Waals surface area contributed by atoms with Crippen molar-refractivity contribution in [2.75, 3.05) is 6.26 Å². The molecule has 6 nitrogen and oxygen atoms in total. The molecule has 0 aliphatic carbocycles. The highest BCUT2D eigenvalue weighted by molar-refractivity contribution is 8.93. The van der Waals surface area contributed by atoms with Crippen molar-refractivity contribution in [2.45, 2.75) is 31.0 Å². The van der Waals surface area contributed by atoms with Gasteiger partial charge in [-0.25, -0.2) is 4.99 Å². The maximum absolute atomic E-state index is 5.86. The fourth-order valence-corrected chi connectivity index (χ4v) is 2.58. The van der Waals surface area contributed by atoms with Gasteiger partial charge in [0.25, 0.3) is 0 Å². The lowest BCUT2D eigenvalue weighted by molar-refractivity contribution is -0.167. The summed E-state index contributed by atoms with van der Waals surface area (Å²) in [6.07, 6.45) is 2.03. The van der Waals surface area contributed by atoms with Crippen LogP contribution in [0.25, 0.3) is 0 Å². The van der Waals surface area contributed by atoms with Gasteiger partial charge < -0.3 is 11.5 Å². The lowest BCUT2D eigenvalue weighted by Crippen LogP contribution is -2.53. The SMILES string of the molecule is Br.CSc1ccccc1CON1C(N)=NC(N)=NC1(C)C. The van der Waals surface area contributed by atoms with E-state index in [1.807, 2.05) is 38.3 Å². The molecule has 0 spiro atoms. The van der Waals surface area contributed by atoms with Gasteiger partial charge in [-0.2, -0.15) is 10.1 Å². The monoisotopic (exact) mass is 373 g/mol. The molecule has 1 aromatic carbocycles. The number of nitrogens with two attached hydrogens (primary N) is 2. The van der Waals surface area contributed by atoms with Crippen LogP contribution in [-0.2, 0) is 11.4 Å². The maximum atomic E-state index is 5.86. The minimum atomic E-state index is -0.676. The Kier molecular flexibility index (Phi) is 6.06. The molecule has 21 heavy (non-hydrogen) atoms. The zero-order valence-electron chi connectivity index (χ0n) is 12.2. The Bertz CT molecular complexity index is 561. The van der Waals surface area contributed by atoms with Crippen molar-refractivity contribution < 1.29 is 4.84 Å². The number of thioether (sulfide) groups is 1. The van der Waals surface area contributed by atoms with E-state index < -0.39 is 5.66 Å². The fourth-order valence-electron chi connectivity index (χ4n) is 1.97. The molecule has 0 unspecified atom stereocenters. The van der Waals surface area contributed by atoms with Crippen LogP contribution < -0.4 is 11.5 Å². The number of guanidine groups is 2. The molecular formula is C13H20BrN5OS. The molecule has 1 aliphatic rings. The Morgan fingerprint density at radius 1 is 1.29 bits per heavy atom. The molecule has 0 fully saturated rings. The number of benzene rings is 1. The third-order valence-corrected chi connectivity index (χ3v) is 3.70. The summed E-state index contributed by atoms with van der Waals surface area (Å²) in [6.45, 7) is 4.12. The predicted molar refractivity (Wildman–Crippen MR) is 92.5 cm³/mol. The smallest absolute Gasteiger partial charge is 0.226 e. The summed E-state index contributed by atoms with van der Waals surface area (Å²) in [5.74, 6) is 0.376. The van der Waals surface area contributed by atoms with Crippen LogP contribution in [0.2, 0.25) is 0 Å². The topological polar surface area (TPSA) is 89.2 Å². The van der Waals surface area contributed by atoms with Gasteiger partial charge in [0.05, 0.1) is 0 Å². The van der Waals surface area contributed by atoms with Crippen LogP contribution in [0.1, 0.15) is 19.4 Å². The van der Waals surface area contributed by atoms with Gasteiger partial charge >= 0.3 is 0 Å². The molecule has 0 saturated heterocycles. The summed E-state index contributed by atoms with van der Waals surface area (Å²) < 4.78 is 0. The zero-order valence-corrected chi connectivity index (χ0v) is 14.8. The molecule has 4 N–H and O–H groups in total. The molecule has 0 atom stereocenters. The summed E-state index contributed by atoms with van der Waals surface area (Å²) in [4.78, 5) is 15.1. The fraction of sp³-hybridized carbons (Fsp3) is 0.385. The summed E-state index contributed by atoms with van der Waals surface area (Å²) >= 11 is 1.68. The minimum absolute atomic E-state index is 0. The normalized spacial score (nSPS) is 16.8. The summed E-state index contributed by atoms with van der Waals surface area (Å²) in [5, 5.41) is 1.49. The molecule has 116 valence electrons. The second-order valence-electron chi connectivity index (χ2n) is 4.81. The van der Waals surface area contributed by atoms with Crippen LogP contribution in [0.5, 0.6) is 0 Å². The van der Waals surface area contributed by atoms with Crippen molar-refractivity contribution in [3.8, 4) is 0 Å². The number of hydrogen-bond donors (Lipinski definition) is 2. The number of nitrogens with zero attached hydrogens (tertiary/aromatic N) is 3. The number of aliphatic imine (C=N–C) groups is 2. The number of halogens is 1. The first-order chi connectivity index (χ1) is 9.44. The highest BCUT2D eigenvalue weighted by Crippen LogP contribution is 2.24. The molecule has 2 rings (SSSR count). The third kappa shape index (κ3) is 4.12. The van der Waals surface area contributed by atoms with E-state index in [0.29, 0.717) is 6.61 Å². The first-order valence-corrected chi connectivity index (χ1v) is 7.41. The van der Waals surface area contributed by atoms with Crippen molar-refractivity contribution in [3.63, 3.8) is 0 Å². The van der Waals surface area contributed by atoms with E-state index in [9.17, 15) is 0 Å². The molecule has 0 radical (unpaired) electrons. The van der Waals surface area contributed by atoms with Gasteiger partial charge in [-0.3, -0.25) is 4.84 Å². The van der Waals surface area contributed by atoms with Gasteiger partial charge in [0.2, 0.25) is 11.9 Å². The van der Waals surface area contributed by atoms with Gasteiger partial charge in [-0.1, -0.05) is 18.2 Å². The quantitative estimate of drug-likeness (QED) is 0.788. The van der Waals surface area contributed by atoms with Gasteiger partial charge in [-0.15, -0.1) is 28.7 Å². The highest BCUT2D eigenvalue weighted by Gasteiger charge is 2.33.